The van der Waals surface area contributed by atoms with Crippen molar-refractivity contribution in [1.82, 2.24) is 10.2 Å². The number of likely N-dealkylation sites (tertiary alicyclic amines) is 1. The Morgan fingerprint density at radius 1 is 1.28 bits per heavy atom. The highest BCUT2D eigenvalue weighted by Crippen LogP contribution is 2.26. The maximum atomic E-state index is 14.0. The van der Waals surface area contributed by atoms with Crippen molar-refractivity contribution in [2.45, 2.75) is 45.2 Å². The Morgan fingerprint density at radius 2 is 2.04 bits per heavy atom. The van der Waals surface area contributed by atoms with E-state index in [1.54, 1.807) is 18.2 Å². The molecule has 0 radical (unpaired) electrons. The first-order valence-electron chi connectivity index (χ1n) is 9.11. The van der Waals surface area contributed by atoms with Gasteiger partial charge in [-0.3, -0.25) is 9.59 Å². The highest BCUT2D eigenvalue weighted by molar-refractivity contribution is 5.99. The van der Waals surface area contributed by atoms with Crippen molar-refractivity contribution in [3.8, 4) is 0 Å². The number of hydrogen-bond acceptors (Lipinski definition) is 3. The van der Waals surface area contributed by atoms with E-state index >= 15 is 0 Å². The molecule has 2 saturated heterocycles. The zero-order chi connectivity index (χ0) is 18.0. The number of nitrogens with zero attached hydrogens (tertiary/aromatic N) is 2. The van der Waals surface area contributed by atoms with E-state index in [2.05, 4.69) is 12.2 Å². The van der Waals surface area contributed by atoms with Crippen LogP contribution in [0.3, 0.4) is 0 Å². The smallest absolute Gasteiger partial charge is 0.244 e. The quantitative estimate of drug-likeness (QED) is 0.908. The van der Waals surface area contributed by atoms with Gasteiger partial charge in [-0.05, 0) is 30.9 Å². The number of nitrogens with one attached hydrogen (secondary N) is 1. The molecule has 0 saturated carbocycles. The Morgan fingerprint density at radius 3 is 2.72 bits per heavy atom. The number of anilines is 1. The van der Waals surface area contributed by atoms with Crippen LogP contribution in [0, 0.1) is 11.7 Å². The lowest BCUT2D eigenvalue weighted by Gasteiger charge is -2.38. The number of hydrogen-bond donors (Lipinski definition) is 1. The number of para-hydroxylation sites is 1. The van der Waals surface area contributed by atoms with Crippen LogP contribution in [0.1, 0.15) is 33.1 Å². The summed E-state index contributed by atoms with van der Waals surface area (Å²) in [6, 6.07) is 6.33. The molecule has 3 rings (SSSR count). The van der Waals surface area contributed by atoms with Crippen LogP contribution in [0.2, 0.25) is 0 Å². The van der Waals surface area contributed by atoms with Gasteiger partial charge < -0.3 is 15.1 Å². The molecule has 2 aliphatic heterocycles. The first kappa shape index (κ1) is 17.9. The van der Waals surface area contributed by atoms with Crippen molar-refractivity contribution in [3.63, 3.8) is 0 Å². The lowest BCUT2D eigenvalue weighted by molar-refractivity contribution is -0.133. The average molecular weight is 347 g/mol. The van der Waals surface area contributed by atoms with E-state index in [9.17, 15) is 14.0 Å². The third-order valence-electron chi connectivity index (χ3n) is 5.32. The van der Waals surface area contributed by atoms with Crippen molar-refractivity contribution in [2.75, 3.05) is 24.5 Å². The standard InChI is InChI=1S/C19H26FN3O2/c1-3-18(24)22-10-8-15(13(2)12-22)21-16-9-11-23(19(16)25)17-7-5-4-6-14(17)20/h4-7,13,15-16,21H,3,8-12H2,1-2H3/t13-,15-,16+/m0/s1. The minimum atomic E-state index is -0.365. The number of carbonyl (C=O) groups is 2. The molecule has 2 amide bonds. The normalized spacial score (nSPS) is 27.0. The van der Waals surface area contributed by atoms with Crippen LogP contribution in [-0.4, -0.2) is 48.4 Å². The zero-order valence-electron chi connectivity index (χ0n) is 14.9. The first-order chi connectivity index (χ1) is 12.0. The van der Waals surface area contributed by atoms with E-state index in [0.29, 0.717) is 31.0 Å². The molecule has 0 bridgehead atoms. The van der Waals surface area contributed by atoms with Gasteiger partial charge in [-0.2, -0.15) is 0 Å². The van der Waals surface area contributed by atoms with Crippen LogP contribution >= 0.6 is 0 Å². The lowest BCUT2D eigenvalue weighted by Crippen LogP contribution is -2.53. The van der Waals surface area contributed by atoms with Gasteiger partial charge in [-0.1, -0.05) is 26.0 Å². The summed E-state index contributed by atoms with van der Waals surface area (Å²) in [7, 11) is 0. The summed E-state index contributed by atoms with van der Waals surface area (Å²) in [4.78, 5) is 28.0. The largest absolute Gasteiger partial charge is 0.342 e. The van der Waals surface area contributed by atoms with Crippen LogP contribution < -0.4 is 10.2 Å². The molecule has 1 N–H and O–H groups in total. The van der Waals surface area contributed by atoms with Gasteiger partial charge in [0.15, 0.2) is 0 Å². The van der Waals surface area contributed by atoms with Gasteiger partial charge in [0, 0.05) is 32.1 Å². The van der Waals surface area contributed by atoms with E-state index in [1.807, 2.05) is 11.8 Å². The fourth-order valence-electron chi connectivity index (χ4n) is 3.85. The first-order valence-corrected chi connectivity index (χ1v) is 9.11. The second kappa shape index (κ2) is 7.52. The van der Waals surface area contributed by atoms with Gasteiger partial charge in [-0.15, -0.1) is 0 Å². The third-order valence-corrected chi connectivity index (χ3v) is 5.32. The summed E-state index contributed by atoms with van der Waals surface area (Å²) in [5.41, 5.74) is 0.355. The van der Waals surface area contributed by atoms with Gasteiger partial charge in [-0.25, -0.2) is 4.39 Å². The second-order valence-corrected chi connectivity index (χ2v) is 7.01. The SMILES string of the molecule is CCC(=O)N1CC[C@H](N[C@@H]2CCN(c3ccccc3F)C2=O)[C@@H](C)C1. The lowest BCUT2D eigenvalue weighted by atomic mass is 9.92. The predicted molar refractivity (Wildman–Crippen MR) is 94.7 cm³/mol. The Hall–Kier alpha value is -1.95. The molecule has 0 unspecified atom stereocenters. The fourth-order valence-corrected chi connectivity index (χ4v) is 3.85. The molecule has 1 aromatic carbocycles. The van der Waals surface area contributed by atoms with E-state index in [-0.39, 0.29) is 29.7 Å². The number of halogens is 1. The topological polar surface area (TPSA) is 52.7 Å². The molecule has 1 aromatic rings. The van der Waals surface area contributed by atoms with E-state index in [1.165, 1.54) is 11.0 Å². The molecule has 25 heavy (non-hydrogen) atoms. The Kier molecular flexibility index (Phi) is 5.37. The van der Waals surface area contributed by atoms with Crippen molar-refractivity contribution < 1.29 is 14.0 Å². The maximum Gasteiger partial charge on any atom is 0.244 e. The summed E-state index contributed by atoms with van der Waals surface area (Å²) in [6.45, 7) is 5.97. The molecule has 2 aliphatic rings. The molecule has 2 heterocycles. The molecule has 136 valence electrons. The van der Waals surface area contributed by atoms with Crippen LogP contribution in [0.5, 0.6) is 0 Å². The Balaban J connectivity index is 1.60. The zero-order valence-corrected chi connectivity index (χ0v) is 14.9. The number of piperidine rings is 1. The number of amides is 2. The molecule has 5 nitrogen and oxygen atoms in total. The maximum absolute atomic E-state index is 14.0. The average Bonchev–Trinajstić information content (AvgIpc) is 2.97. The van der Waals surface area contributed by atoms with Crippen molar-refractivity contribution in [3.05, 3.63) is 30.1 Å². The number of rotatable bonds is 4. The van der Waals surface area contributed by atoms with Crippen LogP contribution in [-0.2, 0) is 9.59 Å². The molecule has 3 atom stereocenters. The third kappa shape index (κ3) is 3.68. The summed E-state index contributed by atoms with van der Waals surface area (Å²) in [5, 5.41) is 3.46. The van der Waals surface area contributed by atoms with Gasteiger partial charge in [0.2, 0.25) is 11.8 Å². The fraction of sp³-hybridized carbons (Fsp3) is 0.579. The van der Waals surface area contributed by atoms with Crippen LogP contribution in [0.4, 0.5) is 10.1 Å². The van der Waals surface area contributed by atoms with Crippen molar-refractivity contribution in [1.29, 1.82) is 0 Å². The summed E-state index contributed by atoms with van der Waals surface area (Å²) < 4.78 is 14.0. The molecule has 0 aliphatic carbocycles. The van der Waals surface area contributed by atoms with E-state index in [0.717, 1.165) is 19.5 Å². The molecular weight excluding hydrogens is 321 g/mol. The highest BCUT2D eigenvalue weighted by Gasteiger charge is 2.37. The van der Waals surface area contributed by atoms with Gasteiger partial charge in [0.05, 0.1) is 11.7 Å². The van der Waals surface area contributed by atoms with Crippen LogP contribution in [0.15, 0.2) is 24.3 Å². The van der Waals surface area contributed by atoms with Gasteiger partial charge in [0.1, 0.15) is 5.82 Å². The molecule has 0 spiro atoms. The molecule has 2 fully saturated rings. The van der Waals surface area contributed by atoms with Gasteiger partial charge in [0.25, 0.3) is 0 Å². The van der Waals surface area contributed by atoms with E-state index in [4.69, 9.17) is 0 Å². The monoisotopic (exact) mass is 347 g/mol. The van der Waals surface area contributed by atoms with Crippen molar-refractivity contribution in [2.24, 2.45) is 5.92 Å². The Bertz CT molecular complexity index is 651. The molecule has 0 aromatic heterocycles. The molecular formula is C19H26FN3O2. The summed E-state index contributed by atoms with van der Waals surface area (Å²) in [5.74, 6) is 0.0492. The molecule has 6 heteroatoms. The second-order valence-electron chi connectivity index (χ2n) is 7.01. The predicted octanol–water partition coefficient (Wildman–Crippen LogP) is 2.17. The summed E-state index contributed by atoms with van der Waals surface area (Å²) >= 11 is 0. The van der Waals surface area contributed by atoms with Gasteiger partial charge >= 0.3 is 0 Å². The Labute approximate surface area is 148 Å². The van der Waals surface area contributed by atoms with Crippen LogP contribution in [0.25, 0.3) is 0 Å². The highest BCUT2D eigenvalue weighted by atomic mass is 19.1. The minimum Gasteiger partial charge on any atom is -0.342 e. The van der Waals surface area contributed by atoms with Crippen molar-refractivity contribution >= 4 is 17.5 Å². The van der Waals surface area contributed by atoms with E-state index < -0.39 is 0 Å². The summed E-state index contributed by atoms with van der Waals surface area (Å²) in [6.07, 6.45) is 2.05. The number of carbonyl (C=O) groups excluding carboxylic acids is 2. The minimum absolute atomic E-state index is 0.0654. The number of benzene rings is 1.